The first-order chi connectivity index (χ1) is 13.6. The van der Waals surface area contributed by atoms with Crippen LogP contribution >= 0.6 is 0 Å². The molecule has 7 heteroatoms. The number of likely N-dealkylation sites (tertiary alicyclic amines) is 1. The summed E-state index contributed by atoms with van der Waals surface area (Å²) in [5.41, 5.74) is 8.54. The molecule has 0 unspecified atom stereocenters. The topological polar surface area (TPSA) is 85.5 Å². The second-order valence-electron chi connectivity index (χ2n) is 7.59. The van der Waals surface area contributed by atoms with Crippen LogP contribution in [-0.4, -0.2) is 54.3 Å². The minimum atomic E-state index is 0.215. The first-order valence-electron chi connectivity index (χ1n) is 10.00. The number of nitrogen functional groups attached to an aromatic ring is 1. The standard InChI is InChI=1S/C21H29N5O2/c1-13-19(20(23-2)25-21(22)24-13)14-4-7-17(27-3)18(12-14)28-16-8-10-26(11-9-16)15-5-6-15/h4,7,12,15-16H,5-6,8-11H2,1-3H3,(H3,22,23,24,25). The van der Waals surface area contributed by atoms with Crippen LogP contribution in [0.4, 0.5) is 11.8 Å². The summed E-state index contributed by atoms with van der Waals surface area (Å²) in [5, 5.41) is 3.12. The van der Waals surface area contributed by atoms with Crippen molar-refractivity contribution in [2.24, 2.45) is 0 Å². The summed E-state index contributed by atoms with van der Waals surface area (Å²) in [6.45, 7) is 4.17. The average molecular weight is 383 g/mol. The lowest BCUT2D eigenvalue weighted by atomic mass is 10.0. The molecule has 1 aromatic carbocycles. The summed E-state index contributed by atoms with van der Waals surface area (Å²) in [4.78, 5) is 11.3. The van der Waals surface area contributed by atoms with Gasteiger partial charge in [0.1, 0.15) is 11.9 Å². The molecule has 2 aromatic rings. The van der Waals surface area contributed by atoms with Crippen LogP contribution in [0, 0.1) is 6.92 Å². The molecule has 7 nitrogen and oxygen atoms in total. The third kappa shape index (κ3) is 3.85. The number of benzene rings is 1. The lowest BCUT2D eigenvalue weighted by molar-refractivity contribution is 0.0941. The van der Waals surface area contributed by atoms with Crippen LogP contribution in [-0.2, 0) is 0 Å². The van der Waals surface area contributed by atoms with E-state index in [1.54, 1.807) is 7.11 Å². The van der Waals surface area contributed by atoms with Crippen LogP contribution < -0.4 is 20.5 Å². The molecule has 1 aliphatic carbocycles. The molecule has 2 aliphatic rings. The number of nitrogens with one attached hydrogen (secondary N) is 1. The molecule has 150 valence electrons. The Morgan fingerprint density at radius 1 is 1.11 bits per heavy atom. The zero-order valence-corrected chi connectivity index (χ0v) is 16.9. The normalized spacial score (nSPS) is 18.1. The summed E-state index contributed by atoms with van der Waals surface area (Å²) < 4.78 is 11.9. The maximum atomic E-state index is 6.39. The van der Waals surface area contributed by atoms with E-state index in [2.05, 4.69) is 20.2 Å². The molecule has 0 bridgehead atoms. The Balaban J connectivity index is 1.58. The Kier molecular flexibility index (Phi) is 5.26. The Morgan fingerprint density at radius 2 is 1.86 bits per heavy atom. The monoisotopic (exact) mass is 383 g/mol. The van der Waals surface area contributed by atoms with Gasteiger partial charge in [0, 0.05) is 31.7 Å². The second-order valence-corrected chi connectivity index (χ2v) is 7.59. The Morgan fingerprint density at radius 3 is 2.50 bits per heavy atom. The van der Waals surface area contributed by atoms with Gasteiger partial charge in [0.25, 0.3) is 0 Å². The van der Waals surface area contributed by atoms with Gasteiger partial charge >= 0.3 is 0 Å². The summed E-state index contributed by atoms with van der Waals surface area (Å²) in [5.74, 6) is 2.48. The molecular formula is C21H29N5O2. The van der Waals surface area contributed by atoms with E-state index in [1.807, 2.05) is 32.2 Å². The second kappa shape index (κ2) is 7.83. The van der Waals surface area contributed by atoms with Gasteiger partial charge in [0.05, 0.1) is 12.8 Å². The first-order valence-corrected chi connectivity index (χ1v) is 10.00. The number of hydrogen-bond donors (Lipinski definition) is 2. The van der Waals surface area contributed by atoms with E-state index in [0.29, 0.717) is 5.82 Å². The molecule has 0 atom stereocenters. The van der Waals surface area contributed by atoms with Gasteiger partial charge in [-0.25, -0.2) is 4.98 Å². The largest absolute Gasteiger partial charge is 0.493 e. The van der Waals surface area contributed by atoms with Crippen molar-refractivity contribution < 1.29 is 9.47 Å². The van der Waals surface area contributed by atoms with Crippen molar-refractivity contribution in [3.8, 4) is 22.6 Å². The minimum Gasteiger partial charge on any atom is -0.493 e. The number of methoxy groups -OCH3 is 1. The fourth-order valence-corrected chi connectivity index (χ4v) is 4.02. The predicted molar refractivity (Wildman–Crippen MR) is 111 cm³/mol. The zero-order valence-electron chi connectivity index (χ0n) is 16.9. The Labute approximate surface area is 166 Å². The van der Waals surface area contributed by atoms with E-state index in [9.17, 15) is 0 Å². The van der Waals surface area contributed by atoms with Gasteiger partial charge in [0.2, 0.25) is 5.95 Å². The fraction of sp³-hybridized carbons (Fsp3) is 0.524. The van der Waals surface area contributed by atoms with Crippen molar-refractivity contribution in [3.05, 3.63) is 23.9 Å². The molecule has 1 aromatic heterocycles. The van der Waals surface area contributed by atoms with Gasteiger partial charge in [-0.15, -0.1) is 0 Å². The zero-order chi connectivity index (χ0) is 19.7. The lowest BCUT2D eigenvalue weighted by Crippen LogP contribution is -2.39. The van der Waals surface area contributed by atoms with E-state index in [0.717, 1.165) is 60.3 Å². The number of hydrogen-bond acceptors (Lipinski definition) is 7. The van der Waals surface area contributed by atoms with E-state index < -0.39 is 0 Å². The van der Waals surface area contributed by atoms with Crippen molar-refractivity contribution in [1.82, 2.24) is 14.9 Å². The third-order valence-electron chi connectivity index (χ3n) is 5.63. The summed E-state index contributed by atoms with van der Waals surface area (Å²) in [6, 6.07) is 6.80. The van der Waals surface area contributed by atoms with Crippen molar-refractivity contribution in [2.75, 3.05) is 38.3 Å². The number of aryl methyl sites for hydroxylation is 1. The number of piperidine rings is 1. The predicted octanol–water partition coefficient (Wildman–Crippen LogP) is 3.09. The highest BCUT2D eigenvalue weighted by Gasteiger charge is 2.32. The van der Waals surface area contributed by atoms with Gasteiger partial charge in [-0.3, -0.25) is 0 Å². The van der Waals surface area contributed by atoms with Crippen LogP contribution in [0.15, 0.2) is 18.2 Å². The molecule has 1 saturated carbocycles. The number of nitrogens with zero attached hydrogens (tertiary/aromatic N) is 3. The van der Waals surface area contributed by atoms with Gasteiger partial charge in [-0.2, -0.15) is 4.98 Å². The van der Waals surface area contributed by atoms with Crippen molar-refractivity contribution in [2.45, 2.75) is 44.8 Å². The molecule has 2 fully saturated rings. The highest BCUT2D eigenvalue weighted by Crippen LogP contribution is 2.38. The van der Waals surface area contributed by atoms with E-state index in [1.165, 1.54) is 12.8 Å². The lowest BCUT2D eigenvalue weighted by Gasteiger charge is -2.32. The molecule has 0 radical (unpaired) electrons. The number of aromatic nitrogens is 2. The quantitative estimate of drug-likeness (QED) is 0.793. The van der Waals surface area contributed by atoms with Gasteiger partial charge in [-0.05, 0) is 50.3 Å². The number of nitrogens with two attached hydrogens (primary N) is 1. The molecule has 0 amide bonds. The van der Waals surface area contributed by atoms with Crippen molar-refractivity contribution >= 4 is 11.8 Å². The molecule has 1 aliphatic heterocycles. The average Bonchev–Trinajstić information content (AvgIpc) is 3.53. The summed E-state index contributed by atoms with van der Waals surface area (Å²) in [6.07, 6.45) is 5.04. The minimum absolute atomic E-state index is 0.215. The third-order valence-corrected chi connectivity index (χ3v) is 5.63. The number of rotatable bonds is 6. The number of ether oxygens (including phenoxy) is 2. The Hall–Kier alpha value is -2.54. The van der Waals surface area contributed by atoms with Gasteiger partial charge in [0.15, 0.2) is 11.5 Å². The molecule has 0 spiro atoms. The summed E-state index contributed by atoms with van der Waals surface area (Å²) >= 11 is 0. The maximum Gasteiger partial charge on any atom is 0.222 e. The van der Waals surface area contributed by atoms with Crippen LogP contribution in [0.5, 0.6) is 11.5 Å². The van der Waals surface area contributed by atoms with Crippen molar-refractivity contribution in [1.29, 1.82) is 0 Å². The molecule has 3 N–H and O–H groups in total. The smallest absolute Gasteiger partial charge is 0.222 e. The first kappa shape index (κ1) is 18.8. The van der Waals surface area contributed by atoms with E-state index in [4.69, 9.17) is 15.2 Å². The SMILES string of the molecule is CNc1nc(N)nc(C)c1-c1ccc(OC)c(OC2CCN(C3CC3)CC2)c1. The molecular weight excluding hydrogens is 354 g/mol. The van der Waals surface area contributed by atoms with Crippen LogP contribution in [0.2, 0.25) is 0 Å². The number of anilines is 2. The highest BCUT2D eigenvalue weighted by molar-refractivity contribution is 5.79. The van der Waals surface area contributed by atoms with E-state index in [-0.39, 0.29) is 12.1 Å². The molecule has 2 heterocycles. The molecule has 28 heavy (non-hydrogen) atoms. The molecule has 4 rings (SSSR count). The summed E-state index contributed by atoms with van der Waals surface area (Å²) in [7, 11) is 3.51. The molecule has 1 saturated heterocycles. The fourth-order valence-electron chi connectivity index (χ4n) is 4.02. The van der Waals surface area contributed by atoms with Gasteiger partial charge < -0.3 is 25.4 Å². The highest BCUT2D eigenvalue weighted by atomic mass is 16.5. The van der Waals surface area contributed by atoms with E-state index >= 15 is 0 Å². The van der Waals surface area contributed by atoms with Crippen LogP contribution in [0.25, 0.3) is 11.1 Å². The van der Waals surface area contributed by atoms with Gasteiger partial charge in [-0.1, -0.05) is 6.07 Å². The van der Waals surface area contributed by atoms with Crippen LogP contribution in [0.1, 0.15) is 31.4 Å². The van der Waals surface area contributed by atoms with Crippen LogP contribution in [0.3, 0.4) is 0 Å². The maximum absolute atomic E-state index is 6.39. The van der Waals surface area contributed by atoms with Crippen molar-refractivity contribution in [3.63, 3.8) is 0 Å². The Bertz CT molecular complexity index is 845.